The molecule has 2 N–H and O–H groups in total. The molecule has 0 spiro atoms. The molecule has 0 atom stereocenters. The molecule has 0 heterocycles. The lowest BCUT2D eigenvalue weighted by atomic mass is 10.1. The van der Waals surface area contributed by atoms with E-state index in [1.807, 2.05) is 12.1 Å². The van der Waals surface area contributed by atoms with Crippen molar-refractivity contribution in [1.29, 1.82) is 0 Å². The van der Waals surface area contributed by atoms with Crippen LogP contribution in [0.4, 0.5) is 0 Å². The van der Waals surface area contributed by atoms with Gasteiger partial charge in [-0.3, -0.25) is 0 Å². The molecule has 0 amide bonds. The van der Waals surface area contributed by atoms with Crippen molar-refractivity contribution in [2.75, 3.05) is 6.61 Å². The summed E-state index contributed by atoms with van der Waals surface area (Å²) >= 11 is 2.20. The number of hydrogen-bond acceptors (Lipinski definition) is 2. The average Bonchev–Trinajstić information content (AvgIpc) is 2.07. The predicted octanol–water partition coefficient (Wildman–Crippen LogP) is 1.92. The van der Waals surface area contributed by atoms with Crippen LogP contribution in [0.3, 0.4) is 0 Å². The summed E-state index contributed by atoms with van der Waals surface area (Å²) in [4.78, 5) is 0. The van der Waals surface area contributed by atoms with Crippen molar-refractivity contribution in [2.45, 2.75) is 12.8 Å². The maximum atomic E-state index is 9.38. The van der Waals surface area contributed by atoms with Crippen LogP contribution >= 0.6 is 22.6 Å². The van der Waals surface area contributed by atoms with Gasteiger partial charge in [-0.1, -0.05) is 0 Å². The molecule has 3 heteroatoms. The maximum Gasteiger partial charge on any atom is 0.118 e. The normalized spacial score (nSPS) is 10.2. The molecule has 2 nitrogen and oxygen atoms in total. The third kappa shape index (κ3) is 2.64. The Morgan fingerprint density at radius 1 is 1.33 bits per heavy atom. The SMILES string of the molecule is OCCCc1cc(I)ccc1O. The van der Waals surface area contributed by atoms with Crippen LogP contribution in [-0.2, 0) is 6.42 Å². The highest BCUT2D eigenvalue weighted by Crippen LogP contribution is 2.20. The van der Waals surface area contributed by atoms with E-state index in [4.69, 9.17) is 5.11 Å². The molecule has 1 rings (SSSR count). The molecule has 66 valence electrons. The Morgan fingerprint density at radius 2 is 2.08 bits per heavy atom. The zero-order valence-corrected chi connectivity index (χ0v) is 8.78. The van der Waals surface area contributed by atoms with Crippen LogP contribution in [0.1, 0.15) is 12.0 Å². The molecular weight excluding hydrogens is 267 g/mol. The molecule has 0 fully saturated rings. The number of benzene rings is 1. The maximum absolute atomic E-state index is 9.38. The summed E-state index contributed by atoms with van der Waals surface area (Å²) in [7, 11) is 0. The number of aromatic hydroxyl groups is 1. The van der Waals surface area contributed by atoms with Crippen LogP contribution in [0.2, 0.25) is 0 Å². The van der Waals surface area contributed by atoms with Crippen LogP contribution in [-0.4, -0.2) is 16.8 Å². The summed E-state index contributed by atoms with van der Waals surface area (Å²) < 4.78 is 1.11. The molecule has 1 aromatic rings. The molecule has 0 saturated carbocycles. The lowest BCUT2D eigenvalue weighted by Gasteiger charge is -2.03. The van der Waals surface area contributed by atoms with Crippen molar-refractivity contribution in [3.8, 4) is 5.75 Å². The Bertz CT molecular complexity index is 261. The molecule has 0 unspecified atom stereocenters. The van der Waals surface area contributed by atoms with Gasteiger partial charge in [0.25, 0.3) is 0 Å². The van der Waals surface area contributed by atoms with Gasteiger partial charge >= 0.3 is 0 Å². The van der Waals surface area contributed by atoms with Gasteiger partial charge in [0.05, 0.1) is 0 Å². The number of aliphatic hydroxyl groups excluding tert-OH is 1. The van der Waals surface area contributed by atoms with Gasteiger partial charge in [-0.2, -0.15) is 0 Å². The first kappa shape index (κ1) is 9.80. The van der Waals surface area contributed by atoms with E-state index in [2.05, 4.69) is 22.6 Å². The molecule has 0 aliphatic heterocycles. The van der Waals surface area contributed by atoms with Gasteiger partial charge in [0, 0.05) is 10.2 Å². The van der Waals surface area contributed by atoms with Gasteiger partial charge in [-0.05, 0) is 59.2 Å². The molecule has 0 saturated heterocycles. The molecule has 0 radical (unpaired) electrons. The van der Waals surface area contributed by atoms with Gasteiger partial charge in [-0.25, -0.2) is 0 Å². The quantitative estimate of drug-likeness (QED) is 0.829. The molecule has 0 aliphatic rings. The van der Waals surface area contributed by atoms with Crippen LogP contribution in [0.15, 0.2) is 18.2 Å². The Balaban J connectivity index is 2.75. The van der Waals surface area contributed by atoms with Crippen LogP contribution in [0.25, 0.3) is 0 Å². The van der Waals surface area contributed by atoms with Gasteiger partial charge in [0.1, 0.15) is 5.75 Å². The summed E-state index contributed by atoms with van der Waals surface area (Å²) in [6.07, 6.45) is 1.44. The van der Waals surface area contributed by atoms with Crippen molar-refractivity contribution in [3.63, 3.8) is 0 Å². The van der Waals surface area contributed by atoms with Crippen molar-refractivity contribution in [2.24, 2.45) is 0 Å². The van der Waals surface area contributed by atoms with Gasteiger partial charge in [-0.15, -0.1) is 0 Å². The number of rotatable bonds is 3. The first-order valence-electron chi connectivity index (χ1n) is 3.82. The topological polar surface area (TPSA) is 40.5 Å². The number of aryl methyl sites for hydroxylation is 1. The number of aliphatic hydroxyl groups is 1. The van der Waals surface area contributed by atoms with Crippen LogP contribution < -0.4 is 0 Å². The van der Waals surface area contributed by atoms with E-state index in [9.17, 15) is 5.11 Å². The zero-order valence-electron chi connectivity index (χ0n) is 6.63. The van der Waals surface area contributed by atoms with Crippen LogP contribution in [0, 0.1) is 3.57 Å². The Morgan fingerprint density at radius 3 is 2.75 bits per heavy atom. The number of phenolic OH excluding ortho intramolecular Hbond substituents is 1. The number of hydrogen-bond donors (Lipinski definition) is 2. The molecule has 1 aromatic carbocycles. The monoisotopic (exact) mass is 278 g/mol. The third-order valence-electron chi connectivity index (χ3n) is 1.65. The highest BCUT2D eigenvalue weighted by Gasteiger charge is 2.00. The molecule has 0 aromatic heterocycles. The van der Waals surface area contributed by atoms with E-state index in [1.54, 1.807) is 6.07 Å². The first-order valence-corrected chi connectivity index (χ1v) is 4.90. The molecule has 0 bridgehead atoms. The number of phenols is 1. The minimum absolute atomic E-state index is 0.172. The molecule has 0 aliphatic carbocycles. The zero-order chi connectivity index (χ0) is 8.97. The Labute approximate surface area is 85.4 Å². The predicted molar refractivity (Wildman–Crippen MR) is 56.2 cm³/mol. The highest BCUT2D eigenvalue weighted by molar-refractivity contribution is 14.1. The Kier molecular flexibility index (Phi) is 3.81. The number of halogens is 1. The minimum atomic E-state index is 0.172. The van der Waals surface area contributed by atoms with Crippen molar-refractivity contribution in [3.05, 3.63) is 27.3 Å². The average molecular weight is 278 g/mol. The van der Waals surface area contributed by atoms with Crippen molar-refractivity contribution >= 4 is 22.6 Å². The fraction of sp³-hybridized carbons (Fsp3) is 0.333. The Hall–Kier alpha value is -0.290. The minimum Gasteiger partial charge on any atom is -0.508 e. The second-order valence-corrected chi connectivity index (χ2v) is 3.85. The van der Waals surface area contributed by atoms with E-state index >= 15 is 0 Å². The highest BCUT2D eigenvalue weighted by atomic mass is 127. The lowest BCUT2D eigenvalue weighted by molar-refractivity contribution is 0.288. The first-order chi connectivity index (χ1) is 5.74. The van der Waals surface area contributed by atoms with Crippen molar-refractivity contribution in [1.82, 2.24) is 0 Å². The molecule has 12 heavy (non-hydrogen) atoms. The third-order valence-corrected chi connectivity index (χ3v) is 2.32. The van der Waals surface area contributed by atoms with E-state index < -0.39 is 0 Å². The van der Waals surface area contributed by atoms with E-state index in [0.29, 0.717) is 12.2 Å². The van der Waals surface area contributed by atoms with Gasteiger partial charge < -0.3 is 10.2 Å². The smallest absolute Gasteiger partial charge is 0.118 e. The molecular formula is C9H11IO2. The lowest BCUT2D eigenvalue weighted by Crippen LogP contribution is -1.90. The van der Waals surface area contributed by atoms with E-state index in [-0.39, 0.29) is 6.61 Å². The van der Waals surface area contributed by atoms with E-state index in [0.717, 1.165) is 15.6 Å². The summed E-state index contributed by atoms with van der Waals surface area (Å²) in [5.41, 5.74) is 0.913. The fourth-order valence-corrected chi connectivity index (χ4v) is 1.58. The fourth-order valence-electron chi connectivity index (χ4n) is 1.02. The summed E-state index contributed by atoms with van der Waals surface area (Å²) in [6.45, 7) is 0.172. The van der Waals surface area contributed by atoms with Gasteiger partial charge in [0.15, 0.2) is 0 Å². The standard InChI is InChI=1S/C9H11IO2/c10-8-3-4-9(12)7(6-8)2-1-5-11/h3-4,6,11-12H,1-2,5H2. The van der Waals surface area contributed by atoms with E-state index in [1.165, 1.54) is 0 Å². The summed E-state index contributed by atoms with van der Waals surface area (Å²) in [5, 5.41) is 18.0. The second kappa shape index (κ2) is 4.67. The van der Waals surface area contributed by atoms with Gasteiger partial charge in [0.2, 0.25) is 0 Å². The second-order valence-electron chi connectivity index (χ2n) is 2.60. The summed E-state index contributed by atoms with van der Waals surface area (Å²) in [6, 6.07) is 5.48. The van der Waals surface area contributed by atoms with Crippen molar-refractivity contribution < 1.29 is 10.2 Å². The largest absolute Gasteiger partial charge is 0.508 e. The van der Waals surface area contributed by atoms with Crippen LogP contribution in [0.5, 0.6) is 5.75 Å². The summed E-state index contributed by atoms with van der Waals surface area (Å²) in [5.74, 6) is 0.323.